The van der Waals surface area contributed by atoms with Gasteiger partial charge in [0.25, 0.3) is 0 Å². The SMILES string of the molecule is C=c1c(C)cc(C)c(C)c1=CCC(C)=CC. The van der Waals surface area contributed by atoms with Crippen molar-refractivity contribution >= 4 is 12.7 Å². The van der Waals surface area contributed by atoms with Crippen molar-refractivity contribution in [3.05, 3.63) is 44.8 Å². The third-order valence-electron chi connectivity index (χ3n) is 3.35. The van der Waals surface area contributed by atoms with E-state index in [1.807, 2.05) is 0 Å². The van der Waals surface area contributed by atoms with Crippen molar-refractivity contribution in [1.82, 2.24) is 0 Å². The lowest BCUT2D eigenvalue weighted by atomic mass is 10.0. The summed E-state index contributed by atoms with van der Waals surface area (Å²) in [6, 6.07) is 2.22. The van der Waals surface area contributed by atoms with Crippen LogP contribution in [-0.2, 0) is 0 Å². The molecule has 0 heterocycles. The van der Waals surface area contributed by atoms with E-state index in [-0.39, 0.29) is 0 Å². The molecule has 0 saturated heterocycles. The van der Waals surface area contributed by atoms with Gasteiger partial charge in [0.2, 0.25) is 0 Å². The molecular formula is C16H22. The molecule has 1 aromatic rings. The summed E-state index contributed by atoms with van der Waals surface area (Å²) in [6.45, 7) is 14.9. The van der Waals surface area contributed by atoms with Gasteiger partial charge in [-0.15, -0.1) is 0 Å². The van der Waals surface area contributed by atoms with Gasteiger partial charge in [-0.05, 0) is 68.2 Å². The highest BCUT2D eigenvalue weighted by atomic mass is 14.0. The lowest BCUT2D eigenvalue weighted by Crippen LogP contribution is -2.29. The molecule has 0 atom stereocenters. The standard InChI is InChI=1S/C16H22/c1-7-11(2)8-9-16-14(5)12(3)10-13(4)15(16)6/h7,9-10H,5,8H2,1-4,6H3. The van der Waals surface area contributed by atoms with Crippen LogP contribution < -0.4 is 10.4 Å². The molecule has 0 aliphatic rings. The molecule has 0 radical (unpaired) electrons. The second-order valence-electron chi connectivity index (χ2n) is 4.57. The first-order chi connectivity index (χ1) is 7.47. The Bertz CT molecular complexity index is 516. The van der Waals surface area contributed by atoms with Gasteiger partial charge >= 0.3 is 0 Å². The minimum absolute atomic E-state index is 1.02. The molecule has 1 aromatic carbocycles. The van der Waals surface area contributed by atoms with Crippen LogP contribution in [-0.4, -0.2) is 0 Å². The van der Waals surface area contributed by atoms with E-state index < -0.39 is 0 Å². The van der Waals surface area contributed by atoms with Crippen molar-refractivity contribution in [2.24, 2.45) is 0 Å². The van der Waals surface area contributed by atoms with Crippen LogP contribution in [0.4, 0.5) is 0 Å². The Morgan fingerprint density at radius 3 is 2.44 bits per heavy atom. The van der Waals surface area contributed by atoms with E-state index in [2.05, 4.69) is 59.4 Å². The summed E-state index contributed by atoms with van der Waals surface area (Å²) in [6.07, 6.45) is 5.48. The molecule has 86 valence electrons. The third kappa shape index (κ3) is 2.63. The zero-order valence-electron chi connectivity index (χ0n) is 11.1. The Balaban J connectivity index is 3.38. The number of rotatable bonds is 2. The highest BCUT2D eigenvalue weighted by Crippen LogP contribution is 2.03. The van der Waals surface area contributed by atoms with Crippen LogP contribution in [0.25, 0.3) is 12.7 Å². The van der Waals surface area contributed by atoms with Crippen molar-refractivity contribution < 1.29 is 0 Å². The molecule has 1 rings (SSSR count). The average molecular weight is 214 g/mol. The Labute approximate surface area is 99.0 Å². The Morgan fingerprint density at radius 1 is 1.25 bits per heavy atom. The first kappa shape index (κ1) is 12.8. The van der Waals surface area contributed by atoms with Crippen LogP contribution in [0, 0.1) is 20.8 Å². The molecule has 0 heteroatoms. The molecule has 0 fully saturated rings. The molecule has 0 bridgehead atoms. The van der Waals surface area contributed by atoms with Gasteiger partial charge in [0.15, 0.2) is 0 Å². The maximum atomic E-state index is 4.18. The zero-order chi connectivity index (χ0) is 12.3. The fourth-order valence-electron chi connectivity index (χ4n) is 1.83. The van der Waals surface area contributed by atoms with Gasteiger partial charge in [-0.2, -0.15) is 0 Å². The summed E-state index contributed by atoms with van der Waals surface area (Å²) in [5.41, 5.74) is 5.40. The second-order valence-corrected chi connectivity index (χ2v) is 4.57. The summed E-state index contributed by atoms with van der Waals surface area (Å²) in [7, 11) is 0. The third-order valence-corrected chi connectivity index (χ3v) is 3.35. The van der Waals surface area contributed by atoms with Crippen LogP contribution in [0.3, 0.4) is 0 Å². The summed E-state index contributed by atoms with van der Waals surface area (Å²) in [5, 5.41) is 2.49. The number of aryl methyl sites for hydroxylation is 2. The van der Waals surface area contributed by atoms with E-state index in [1.54, 1.807) is 0 Å². The Kier molecular flexibility index (Phi) is 4.12. The van der Waals surface area contributed by atoms with Crippen LogP contribution in [0.1, 0.15) is 37.0 Å². The van der Waals surface area contributed by atoms with E-state index in [0.717, 1.165) is 6.42 Å². The van der Waals surface area contributed by atoms with Crippen molar-refractivity contribution in [1.29, 1.82) is 0 Å². The van der Waals surface area contributed by atoms with Crippen LogP contribution >= 0.6 is 0 Å². The fraction of sp³-hybridized carbons (Fsp3) is 0.375. The van der Waals surface area contributed by atoms with E-state index in [4.69, 9.17) is 0 Å². The zero-order valence-corrected chi connectivity index (χ0v) is 11.1. The Hall–Kier alpha value is -1.30. The van der Waals surface area contributed by atoms with Gasteiger partial charge in [0, 0.05) is 0 Å². The lowest BCUT2D eigenvalue weighted by Gasteiger charge is -2.05. The molecule has 0 N–H and O–H groups in total. The average Bonchev–Trinajstić information content (AvgIpc) is 2.26. The van der Waals surface area contributed by atoms with E-state index >= 15 is 0 Å². The van der Waals surface area contributed by atoms with Crippen LogP contribution in [0.15, 0.2) is 17.7 Å². The maximum absolute atomic E-state index is 4.18. The molecule has 0 aliphatic carbocycles. The molecule has 0 nitrogen and oxygen atoms in total. The first-order valence-corrected chi connectivity index (χ1v) is 5.85. The van der Waals surface area contributed by atoms with Gasteiger partial charge in [0.1, 0.15) is 0 Å². The first-order valence-electron chi connectivity index (χ1n) is 5.85. The minimum Gasteiger partial charge on any atom is -0.0909 e. The van der Waals surface area contributed by atoms with E-state index in [1.165, 1.54) is 32.7 Å². The highest BCUT2D eigenvalue weighted by molar-refractivity contribution is 5.41. The van der Waals surface area contributed by atoms with Gasteiger partial charge in [-0.25, -0.2) is 0 Å². The minimum atomic E-state index is 1.02. The quantitative estimate of drug-likeness (QED) is 0.663. The van der Waals surface area contributed by atoms with Crippen molar-refractivity contribution in [3.63, 3.8) is 0 Å². The molecule has 0 amide bonds. The summed E-state index contributed by atoms with van der Waals surface area (Å²) >= 11 is 0. The molecular weight excluding hydrogens is 192 g/mol. The summed E-state index contributed by atoms with van der Waals surface area (Å²) in [5.74, 6) is 0. The van der Waals surface area contributed by atoms with E-state index in [0.29, 0.717) is 0 Å². The van der Waals surface area contributed by atoms with E-state index in [9.17, 15) is 0 Å². The molecule has 16 heavy (non-hydrogen) atoms. The number of hydrogen-bond acceptors (Lipinski definition) is 0. The molecule has 0 spiro atoms. The van der Waals surface area contributed by atoms with Crippen molar-refractivity contribution in [2.75, 3.05) is 0 Å². The van der Waals surface area contributed by atoms with Gasteiger partial charge in [-0.3, -0.25) is 0 Å². The van der Waals surface area contributed by atoms with Crippen molar-refractivity contribution in [2.45, 2.75) is 41.0 Å². The molecule has 0 unspecified atom stereocenters. The number of hydrogen-bond donors (Lipinski definition) is 0. The number of allylic oxidation sites excluding steroid dienone is 2. The topological polar surface area (TPSA) is 0 Å². The normalized spacial score (nSPS) is 13.3. The Morgan fingerprint density at radius 2 is 1.88 bits per heavy atom. The maximum Gasteiger partial charge on any atom is -0.0132 e. The molecule has 0 aliphatic heterocycles. The largest absolute Gasteiger partial charge is 0.0909 e. The monoisotopic (exact) mass is 214 g/mol. The predicted octanol–water partition coefficient (Wildman–Crippen LogP) is 3.16. The van der Waals surface area contributed by atoms with Crippen LogP contribution in [0.5, 0.6) is 0 Å². The summed E-state index contributed by atoms with van der Waals surface area (Å²) < 4.78 is 0. The number of benzene rings is 1. The predicted molar refractivity (Wildman–Crippen MR) is 73.9 cm³/mol. The smallest absolute Gasteiger partial charge is 0.0132 e. The highest BCUT2D eigenvalue weighted by Gasteiger charge is 1.98. The fourth-order valence-corrected chi connectivity index (χ4v) is 1.83. The van der Waals surface area contributed by atoms with Crippen LogP contribution in [0.2, 0.25) is 0 Å². The second kappa shape index (κ2) is 5.16. The molecule has 0 aromatic heterocycles. The van der Waals surface area contributed by atoms with Gasteiger partial charge in [-0.1, -0.05) is 30.4 Å². The lowest BCUT2D eigenvalue weighted by molar-refractivity contribution is 1.20. The summed E-state index contributed by atoms with van der Waals surface area (Å²) in [4.78, 5) is 0. The van der Waals surface area contributed by atoms with Gasteiger partial charge < -0.3 is 0 Å². The molecule has 0 saturated carbocycles. The van der Waals surface area contributed by atoms with Gasteiger partial charge in [0.05, 0.1) is 0 Å². The van der Waals surface area contributed by atoms with Crippen molar-refractivity contribution in [3.8, 4) is 0 Å².